The van der Waals surface area contributed by atoms with Gasteiger partial charge in [-0.2, -0.15) is 11.8 Å². The molecule has 0 aromatic heterocycles. The molecular formula is C19H39NOS. The second-order valence-electron chi connectivity index (χ2n) is 6.25. The van der Waals surface area contributed by atoms with Crippen LogP contribution >= 0.6 is 11.8 Å². The van der Waals surface area contributed by atoms with Gasteiger partial charge in [-0.1, -0.05) is 65.2 Å². The van der Waals surface area contributed by atoms with Gasteiger partial charge in [0.25, 0.3) is 0 Å². The molecule has 1 N–H and O–H groups in total. The Hall–Kier alpha value is -0.180. The van der Waals surface area contributed by atoms with E-state index >= 15 is 0 Å². The SMILES string of the molecule is CCCCNC(=O)CCCCCCCCCCSCCCC. The summed E-state index contributed by atoms with van der Waals surface area (Å²) < 4.78 is 0. The highest BCUT2D eigenvalue weighted by Crippen LogP contribution is 2.12. The van der Waals surface area contributed by atoms with Crippen LogP contribution in [0.1, 0.15) is 97.3 Å². The number of rotatable bonds is 17. The fraction of sp³-hybridized carbons (Fsp3) is 0.947. The number of carbonyl (C=O) groups excluding carboxylic acids is 1. The van der Waals surface area contributed by atoms with Crippen LogP contribution in [0.25, 0.3) is 0 Å². The highest BCUT2D eigenvalue weighted by molar-refractivity contribution is 7.99. The van der Waals surface area contributed by atoms with Gasteiger partial charge in [0.1, 0.15) is 0 Å². The molecule has 0 fully saturated rings. The van der Waals surface area contributed by atoms with Crippen molar-refractivity contribution < 1.29 is 4.79 Å². The minimum absolute atomic E-state index is 0.244. The molecule has 132 valence electrons. The topological polar surface area (TPSA) is 29.1 Å². The number of hydrogen-bond acceptors (Lipinski definition) is 2. The number of nitrogens with one attached hydrogen (secondary N) is 1. The molecule has 3 heteroatoms. The monoisotopic (exact) mass is 329 g/mol. The minimum Gasteiger partial charge on any atom is -0.356 e. The fourth-order valence-corrected chi connectivity index (χ4v) is 3.50. The number of amides is 1. The molecule has 0 aliphatic heterocycles. The summed E-state index contributed by atoms with van der Waals surface area (Å²) in [5.74, 6) is 2.95. The van der Waals surface area contributed by atoms with Gasteiger partial charge in [-0.15, -0.1) is 0 Å². The van der Waals surface area contributed by atoms with Crippen molar-refractivity contribution in [3.05, 3.63) is 0 Å². The molecule has 0 heterocycles. The average Bonchev–Trinajstić information content (AvgIpc) is 2.52. The summed E-state index contributed by atoms with van der Waals surface area (Å²) in [6, 6.07) is 0. The van der Waals surface area contributed by atoms with Crippen molar-refractivity contribution in [3.8, 4) is 0 Å². The third kappa shape index (κ3) is 17.9. The van der Waals surface area contributed by atoms with E-state index in [9.17, 15) is 4.79 Å². The Morgan fingerprint density at radius 3 is 1.91 bits per heavy atom. The van der Waals surface area contributed by atoms with Crippen LogP contribution in [0.4, 0.5) is 0 Å². The molecule has 0 aromatic rings. The van der Waals surface area contributed by atoms with E-state index in [2.05, 4.69) is 30.9 Å². The highest BCUT2D eigenvalue weighted by atomic mass is 32.2. The number of carbonyl (C=O) groups is 1. The van der Waals surface area contributed by atoms with Crippen molar-refractivity contribution in [3.63, 3.8) is 0 Å². The summed E-state index contributed by atoms with van der Waals surface area (Å²) in [6.07, 6.45) is 16.2. The Bertz CT molecular complexity index is 233. The molecule has 0 aliphatic rings. The number of thioether (sulfide) groups is 1. The lowest BCUT2D eigenvalue weighted by molar-refractivity contribution is -0.121. The van der Waals surface area contributed by atoms with Crippen LogP contribution in [0.15, 0.2) is 0 Å². The predicted octanol–water partition coefficient (Wildman–Crippen LogP) is 5.95. The first-order valence-electron chi connectivity index (χ1n) is 9.65. The van der Waals surface area contributed by atoms with Gasteiger partial charge >= 0.3 is 0 Å². The highest BCUT2D eigenvalue weighted by Gasteiger charge is 1.99. The molecule has 0 aromatic carbocycles. The quantitative estimate of drug-likeness (QED) is 0.334. The maximum absolute atomic E-state index is 11.5. The molecule has 0 aliphatic carbocycles. The molecule has 0 bridgehead atoms. The lowest BCUT2D eigenvalue weighted by Gasteiger charge is -2.04. The maximum atomic E-state index is 11.5. The van der Waals surface area contributed by atoms with Gasteiger partial charge < -0.3 is 5.32 Å². The van der Waals surface area contributed by atoms with Gasteiger partial charge in [-0.05, 0) is 37.2 Å². The van der Waals surface area contributed by atoms with Crippen molar-refractivity contribution in [2.45, 2.75) is 97.3 Å². The maximum Gasteiger partial charge on any atom is 0.219 e. The van der Waals surface area contributed by atoms with Gasteiger partial charge in [0, 0.05) is 13.0 Å². The second kappa shape index (κ2) is 18.9. The summed E-state index contributed by atoms with van der Waals surface area (Å²) in [4.78, 5) is 11.5. The van der Waals surface area contributed by atoms with E-state index in [4.69, 9.17) is 0 Å². The Morgan fingerprint density at radius 2 is 1.27 bits per heavy atom. The van der Waals surface area contributed by atoms with E-state index in [0.717, 1.165) is 32.2 Å². The van der Waals surface area contributed by atoms with Crippen LogP contribution in [0.2, 0.25) is 0 Å². The van der Waals surface area contributed by atoms with Crippen molar-refractivity contribution >= 4 is 17.7 Å². The number of unbranched alkanes of at least 4 members (excludes halogenated alkanes) is 9. The minimum atomic E-state index is 0.244. The Balaban J connectivity index is 3.06. The Morgan fingerprint density at radius 1 is 0.727 bits per heavy atom. The van der Waals surface area contributed by atoms with E-state index in [1.807, 2.05) is 0 Å². The largest absolute Gasteiger partial charge is 0.356 e. The van der Waals surface area contributed by atoms with Gasteiger partial charge in [0.15, 0.2) is 0 Å². The van der Waals surface area contributed by atoms with E-state index in [1.165, 1.54) is 69.3 Å². The predicted molar refractivity (Wildman–Crippen MR) is 102 cm³/mol. The van der Waals surface area contributed by atoms with Crippen LogP contribution in [-0.2, 0) is 4.79 Å². The lowest BCUT2D eigenvalue weighted by atomic mass is 10.1. The van der Waals surface area contributed by atoms with E-state index < -0.39 is 0 Å². The zero-order valence-electron chi connectivity index (χ0n) is 15.1. The van der Waals surface area contributed by atoms with Gasteiger partial charge in [-0.3, -0.25) is 4.79 Å². The van der Waals surface area contributed by atoms with Gasteiger partial charge in [0.2, 0.25) is 5.91 Å². The molecule has 0 atom stereocenters. The zero-order valence-corrected chi connectivity index (χ0v) is 15.9. The van der Waals surface area contributed by atoms with Crippen LogP contribution < -0.4 is 5.32 Å². The first-order chi connectivity index (χ1) is 10.8. The Labute approximate surface area is 143 Å². The van der Waals surface area contributed by atoms with Crippen molar-refractivity contribution in [2.75, 3.05) is 18.1 Å². The first-order valence-corrected chi connectivity index (χ1v) is 10.8. The molecule has 0 saturated heterocycles. The molecule has 2 nitrogen and oxygen atoms in total. The van der Waals surface area contributed by atoms with Crippen molar-refractivity contribution in [1.29, 1.82) is 0 Å². The first kappa shape index (κ1) is 21.8. The molecule has 0 unspecified atom stereocenters. The molecule has 0 spiro atoms. The standard InChI is InChI=1S/C19H39NOS/c1-3-5-16-20-19(21)15-13-11-9-7-8-10-12-14-18-22-17-6-4-2/h3-18H2,1-2H3,(H,20,21). The summed E-state index contributed by atoms with van der Waals surface area (Å²) in [5.41, 5.74) is 0. The van der Waals surface area contributed by atoms with Crippen LogP contribution in [0, 0.1) is 0 Å². The third-order valence-electron chi connectivity index (χ3n) is 3.94. The average molecular weight is 330 g/mol. The van der Waals surface area contributed by atoms with Gasteiger partial charge in [0.05, 0.1) is 0 Å². The molecule has 1 amide bonds. The van der Waals surface area contributed by atoms with Crippen LogP contribution in [-0.4, -0.2) is 24.0 Å². The lowest BCUT2D eigenvalue weighted by Crippen LogP contribution is -2.23. The Kier molecular flexibility index (Phi) is 18.7. The third-order valence-corrected chi connectivity index (χ3v) is 5.09. The van der Waals surface area contributed by atoms with Crippen LogP contribution in [0.3, 0.4) is 0 Å². The summed E-state index contributed by atoms with van der Waals surface area (Å²) in [5, 5.41) is 2.99. The zero-order chi connectivity index (χ0) is 16.3. The summed E-state index contributed by atoms with van der Waals surface area (Å²) >= 11 is 2.12. The van der Waals surface area contributed by atoms with E-state index in [0.29, 0.717) is 0 Å². The summed E-state index contributed by atoms with van der Waals surface area (Å²) in [6.45, 7) is 5.27. The molecule has 0 saturated carbocycles. The molecular weight excluding hydrogens is 290 g/mol. The number of hydrogen-bond donors (Lipinski definition) is 1. The molecule has 0 radical (unpaired) electrons. The van der Waals surface area contributed by atoms with Crippen LogP contribution in [0.5, 0.6) is 0 Å². The van der Waals surface area contributed by atoms with Crippen molar-refractivity contribution in [2.24, 2.45) is 0 Å². The van der Waals surface area contributed by atoms with E-state index in [1.54, 1.807) is 0 Å². The fourth-order valence-electron chi connectivity index (χ4n) is 2.39. The van der Waals surface area contributed by atoms with Gasteiger partial charge in [-0.25, -0.2) is 0 Å². The molecule has 0 rings (SSSR count). The second-order valence-corrected chi connectivity index (χ2v) is 7.47. The summed E-state index contributed by atoms with van der Waals surface area (Å²) in [7, 11) is 0. The van der Waals surface area contributed by atoms with Crippen molar-refractivity contribution in [1.82, 2.24) is 5.32 Å². The van der Waals surface area contributed by atoms with E-state index in [-0.39, 0.29) is 5.91 Å². The normalized spacial score (nSPS) is 10.8. The molecule has 22 heavy (non-hydrogen) atoms. The smallest absolute Gasteiger partial charge is 0.219 e.